The van der Waals surface area contributed by atoms with E-state index >= 15 is 0 Å². The number of phosphoric ester groups is 2. The molecular formula is C23H32N8O14P2. The molecule has 10 unspecified atom stereocenters. The van der Waals surface area contributed by atoms with E-state index < -0.39 is 83.8 Å². The molecular weight excluding hydrogens is 674 g/mol. The number of aliphatic hydroxyl groups excluding tert-OH is 4. The number of nitrogens with zero attached hydrogens (tertiary/aromatic N) is 6. The smallest absolute Gasteiger partial charge is 0.478 e. The van der Waals surface area contributed by atoms with E-state index in [1.54, 1.807) is 19.0 Å². The lowest BCUT2D eigenvalue weighted by molar-refractivity contribution is -0.765. The summed E-state index contributed by atoms with van der Waals surface area (Å²) in [6, 6.07) is 2.82. The summed E-state index contributed by atoms with van der Waals surface area (Å²) in [5.41, 5.74) is 11.5. The van der Waals surface area contributed by atoms with Crippen molar-refractivity contribution in [2.24, 2.45) is 5.73 Å². The first-order valence-corrected chi connectivity index (χ1v) is 16.6. The maximum atomic E-state index is 12.5. The molecule has 2 saturated heterocycles. The van der Waals surface area contributed by atoms with Crippen LogP contribution in [0.1, 0.15) is 22.8 Å². The zero-order valence-corrected chi connectivity index (χ0v) is 26.4. The Morgan fingerprint density at radius 2 is 1.74 bits per heavy atom. The van der Waals surface area contributed by atoms with Crippen LogP contribution >= 0.6 is 15.6 Å². The minimum atomic E-state index is -5.64. The highest BCUT2D eigenvalue weighted by Gasteiger charge is 2.49. The fourth-order valence-corrected chi connectivity index (χ4v) is 7.01. The summed E-state index contributed by atoms with van der Waals surface area (Å²) in [5.74, 6) is -0.534. The van der Waals surface area contributed by atoms with E-state index in [0.717, 1.165) is 6.33 Å². The van der Waals surface area contributed by atoms with Crippen molar-refractivity contribution in [3.8, 4) is 0 Å². The molecule has 0 saturated carbocycles. The number of imidazole rings is 1. The predicted molar refractivity (Wildman–Crippen MR) is 151 cm³/mol. The van der Waals surface area contributed by atoms with E-state index in [-0.39, 0.29) is 28.5 Å². The minimum absolute atomic E-state index is 0.0336. The van der Waals surface area contributed by atoms with E-state index in [1.807, 2.05) is 0 Å². The van der Waals surface area contributed by atoms with Gasteiger partial charge in [-0.1, -0.05) is 0 Å². The zero-order chi connectivity index (χ0) is 34.4. The second kappa shape index (κ2) is 13.4. The van der Waals surface area contributed by atoms with Gasteiger partial charge in [-0.2, -0.15) is 4.57 Å². The maximum absolute atomic E-state index is 12.5. The van der Waals surface area contributed by atoms with E-state index in [2.05, 4.69) is 23.8 Å². The summed E-state index contributed by atoms with van der Waals surface area (Å²) >= 11 is 0. The van der Waals surface area contributed by atoms with Crippen molar-refractivity contribution in [3.63, 3.8) is 0 Å². The Hall–Kier alpha value is -3.21. The third-order valence-corrected chi connectivity index (χ3v) is 9.78. The van der Waals surface area contributed by atoms with Gasteiger partial charge in [-0.25, -0.2) is 23.8 Å². The van der Waals surface area contributed by atoms with E-state index in [9.17, 15) is 44.1 Å². The van der Waals surface area contributed by atoms with Gasteiger partial charge in [0.05, 0.1) is 13.2 Å². The monoisotopic (exact) mass is 706 g/mol. The van der Waals surface area contributed by atoms with E-state index in [4.69, 9.17) is 25.5 Å². The van der Waals surface area contributed by atoms with Crippen LogP contribution in [-0.4, -0.2) is 115 Å². The second-order valence-corrected chi connectivity index (χ2v) is 13.7. The SMILES string of the molecule is CN(C)c1nc2c(N)ncnc2n1C1OC(COP(=O)(O)OP(=O)([O-])OCC2OC([n+]3cccc(C(N)=O)c3)C(O)C2O)C(O)C1O. The topological polar surface area (TPSA) is 324 Å². The zero-order valence-electron chi connectivity index (χ0n) is 24.6. The summed E-state index contributed by atoms with van der Waals surface area (Å²) in [5, 5.41) is 42.1. The number of aromatic nitrogens is 5. The molecule has 2 fully saturated rings. The molecule has 10 atom stereocenters. The average Bonchev–Trinajstić information content (AvgIpc) is 3.62. The van der Waals surface area contributed by atoms with E-state index in [1.165, 1.54) is 33.7 Å². The molecule has 258 valence electrons. The summed E-state index contributed by atoms with van der Waals surface area (Å²) in [7, 11) is -7.85. The van der Waals surface area contributed by atoms with Crippen LogP contribution in [0.25, 0.3) is 11.2 Å². The molecule has 47 heavy (non-hydrogen) atoms. The fraction of sp³-hybridized carbons (Fsp3) is 0.522. The van der Waals surface area contributed by atoms with Crippen molar-refractivity contribution >= 4 is 44.5 Å². The number of carbonyl (C=O) groups is 1. The number of primary amides is 1. The maximum Gasteiger partial charge on any atom is 0.478 e. The molecule has 0 radical (unpaired) electrons. The number of rotatable bonds is 12. The van der Waals surface area contributed by atoms with Crippen molar-refractivity contribution < 1.29 is 71.5 Å². The quantitative estimate of drug-likeness (QED) is 0.0707. The molecule has 0 aromatic carbocycles. The van der Waals surface area contributed by atoms with Crippen LogP contribution in [0.15, 0.2) is 30.9 Å². The third-order valence-electron chi connectivity index (χ3n) is 7.22. The van der Waals surface area contributed by atoms with Crippen molar-refractivity contribution in [1.82, 2.24) is 19.5 Å². The lowest BCUT2D eigenvalue weighted by Crippen LogP contribution is -2.46. The molecule has 3 aromatic rings. The standard InChI is InChI=1S/C23H32N8O14P2/c1-29(2)23-28-13-18(24)26-9-27-20(13)31(23)22-17(35)15(33)12(44-22)8-42-47(39,40)45-46(37,38)41-7-11-14(32)16(34)21(43-11)30-5-3-4-10(6-30)19(25)36/h3-6,9,11-12,14-17,21-22,32-35H,7-8H2,1-2H3,(H5-,24,25,26,27,36,37,38,39,40). The number of amides is 1. The Labute approximate surface area is 264 Å². The number of hydrogen-bond donors (Lipinski definition) is 7. The largest absolute Gasteiger partial charge is 0.756 e. The van der Waals surface area contributed by atoms with Crippen molar-refractivity contribution in [3.05, 3.63) is 36.4 Å². The Morgan fingerprint density at radius 3 is 2.43 bits per heavy atom. The number of ether oxygens (including phenoxy) is 2. The minimum Gasteiger partial charge on any atom is -0.756 e. The number of nitrogens with two attached hydrogens (primary N) is 2. The normalized spacial score (nSPS) is 30.3. The number of nitrogen functional groups attached to an aromatic ring is 1. The molecule has 9 N–H and O–H groups in total. The van der Waals surface area contributed by atoms with Crippen LogP contribution in [0.4, 0.5) is 11.8 Å². The fourth-order valence-electron chi connectivity index (χ4n) is 4.96. The summed E-state index contributed by atoms with van der Waals surface area (Å²) in [4.78, 5) is 47.8. The number of aliphatic hydroxyl groups is 4. The Kier molecular flexibility index (Phi) is 9.98. The Balaban J connectivity index is 1.19. The molecule has 2 aliphatic heterocycles. The van der Waals surface area contributed by atoms with Crippen molar-refractivity contribution in [1.29, 1.82) is 0 Å². The van der Waals surface area contributed by atoms with E-state index in [0.29, 0.717) is 0 Å². The van der Waals surface area contributed by atoms with Gasteiger partial charge in [0.15, 0.2) is 41.7 Å². The van der Waals surface area contributed by atoms with Crippen LogP contribution in [-0.2, 0) is 32.0 Å². The highest BCUT2D eigenvalue weighted by molar-refractivity contribution is 7.60. The molecule has 3 aromatic heterocycles. The molecule has 0 spiro atoms. The number of hydrogen-bond acceptors (Lipinski definition) is 18. The molecule has 5 heterocycles. The van der Waals surface area contributed by atoms with Crippen LogP contribution < -0.4 is 25.8 Å². The van der Waals surface area contributed by atoms with Crippen LogP contribution in [0.3, 0.4) is 0 Å². The lowest BCUT2D eigenvalue weighted by Gasteiger charge is -2.26. The van der Waals surface area contributed by atoms with Gasteiger partial charge in [-0.15, -0.1) is 0 Å². The number of anilines is 2. The first-order valence-electron chi connectivity index (χ1n) is 13.6. The van der Waals surface area contributed by atoms with Gasteiger partial charge in [0.25, 0.3) is 20.0 Å². The predicted octanol–water partition coefficient (Wildman–Crippen LogP) is -3.58. The third kappa shape index (κ3) is 7.29. The van der Waals surface area contributed by atoms with Crippen LogP contribution in [0.2, 0.25) is 0 Å². The number of pyridine rings is 1. The summed E-state index contributed by atoms with van der Waals surface area (Å²) in [6.07, 6.45) is -8.45. The lowest BCUT2D eigenvalue weighted by atomic mass is 10.1. The number of carbonyl (C=O) groups excluding carboxylic acids is 1. The molecule has 0 aliphatic carbocycles. The van der Waals surface area contributed by atoms with Gasteiger partial charge in [0.2, 0.25) is 5.95 Å². The van der Waals surface area contributed by atoms with Gasteiger partial charge in [-0.05, 0) is 6.07 Å². The van der Waals surface area contributed by atoms with Crippen molar-refractivity contribution in [2.45, 2.75) is 49.1 Å². The number of fused-ring (bicyclic) bond motifs is 1. The second-order valence-electron chi connectivity index (χ2n) is 10.7. The van der Waals surface area contributed by atoms with Crippen molar-refractivity contribution in [2.75, 3.05) is 37.9 Å². The Morgan fingerprint density at radius 1 is 1.09 bits per heavy atom. The van der Waals surface area contributed by atoms with Gasteiger partial charge in [0, 0.05) is 20.2 Å². The highest BCUT2D eigenvalue weighted by Crippen LogP contribution is 2.58. The molecule has 2 aliphatic rings. The average molecular weight is 706 g/mol. The van der Waals surface area contributed by atoms with Crippen LogP contribution in [0, 0.1) is 0 Å². The Bertz CT molecular complexity index is 1730. The van der Waals surface area contributed by atoms with Gasteiger partial charge in [0.1, 0.15) is 42.4 Å². The molecule has 0 bridgehead atoms. The summed E-state index contributed by atoms with van der Waals surface area (Å²) in [6.45, 7) is -1.91. The first-order chi connectivity index (χ1) is 22.0. The van der Waals surface area contributed by atoms with Crippen LogP contribution in [0.5, 0.6) is 0 Å². The summed E-state index contributed by atoms with van der Waals surface area (Å²) < 4.78 is 52.2. The van der Waals surface area contributed by atoms with Gasteiger partial charge in [-0.3, -0.25) is 18.5 Å². The molecule has 1 amide bonds. The molecule has 5 rings (SSSR count). The molecule has 24 heteroatoms. The number of phosphoric acid groups is 2. The van der Waals surface area contributed by atoms with Gasteiger partial charge >= 0.3 is 7.82 Å². The van der Waals surface area contributed by atoms with Gasteiger partial charge < -0.3 is 60.6 Å². The first kappa shape index (κ1) is 35.1. The highest BCUT2D eigenvalue weighted by atomic mass is 31.3. The molecule has 22 nitrogen and oxygen atoms in total.